The minimum Gasteiger partial charge on any atom is -0.394 e. The van der Waals surface area contributed by atoms with E-state index in [1.165, 1.54) is 0 Å². The van der Waals surface area contributed by atoms with E-state index in [9.17, 15) is 13.2 Å². The van der Waals surface area contributed by atoms with E-state index in [0.29, 0.717) is 0 Å². The number of rotatable bonds is 3. The first-order valence-corrected chi connectivity index (χ1v) is 2.90. The van der Waals surface area contributed by atoms with Crippen LogP contribution >= 0.6 is 0 Å². The lowest BCUT2D eigenvalue weighted by atomic mass is 10.1. The Balaban J connectivity index is 3.77. The van der Waals surface area contributed by atoms with E-state index in [1.54, 1.807) is 0 Å². The Morgan fingerprint density at radius 3 is 1.82 bits per heavy atom. The maximum atomic E-state index is 11.4. The fourth-order valence-corrected chi connectivity index (χ4v) is 0.495. The molecule has 0 rings (SSSR count). The van der Waals surface area contributed by atoms with Crippen molar-refractivity contribution in [3.05, 3.63) is 0 Å². The Labute approximate surface area is 61.1 Å². The topological polar surface area (TPSA) is 60.7 Å². The van der Waals surface area contributed by atoms with Crippen LogP contribution in [0.1, 0.15) is 6.42 Å². The third kappa shape index (κ3) is 5.00. The molecule has 0 aliphatic rings. The second kappa shape index (κ2) is 3.89. The van der Waals surface area contributed by atoms with E-state index < -0.39 is 31.4 Å². The zero-order valence-electron chi connectivity index (χ0n) is 5.54. The van der Waals surface area contributed by atoms with Gasteiger partial charge >= 0.3 is 6.18 Å². The largest absolute Gasteiger partial charge is 0.394 e. The van der Waals surface area contributed by atoms with Crippen molar-refractivity contribution in [2.24, 2.45) is 0 Å². The summed E-state index contributed by atoms with van der Waals surface area (Å²) >= 11 is 0. The number of hydrogen-bond acceptors (Lipinski definition) is 3. The van der Waals surface area contributed by atoms with Crippen molar-refractivity contribution in [3.8, 4) is 0 Å². The van der Waals surface area contributed by atoms with Gasteiger partial charge in [0.1, 0.15) is 6.10 Å². The van der Waals surface area contributed by atoms with Crippen LogP contribution in [0.25, 0.3) is 0 Å². The Hall–Kier alpha value is -0.330. The van der Waals surface area contributed by atoms with Crippen LogP contribution in [0.15, 0.2) is 0 Å². The standard InChI is InChI=1S/C5H9F3O3/c6-5(7,8)1-3(10)4(11)2-9/h3-4,9-11H,1-2H2. The maximum absolute atomic E-state index is 11.4. The molecule has 0 aromatic heterocycles. The predicted molar refractivity (Wildman–Crippen MR) is 29.8 cm³/mol. The van der Waals surface area contributed by atoms with Crippen LogP contribution in [0.3, 0.4) is 0 Å². The first-order chi connectivity index (χ1) is 4.87. The first-order valence-electron chi connectivity index (χ1n) is 2.90. The molecule has 3 nitrogen and oxygen atoms in total. The van der Waals surface area contributed by atoms with E-state index in [4.69, 9.17) is 15.3 Å². The molecule has 0 aromatic rings. The lowest BCUT2D eigenvalue weighted by molar-refractivity contribution is -0.167. The molecule has 0 radical (unpaired) electrons. The summed E-state index contributed by atoms with van der Waals surface area (Å²) in [6.07, 6.45) is -9.69. The van der Waals surface area contributed by atoms with Crippen molar-refractivity contribution < 1.29 is 28.5 Å². The average molecular weight is 174 g/mol. The van der Waals surface area contributed by atoms with Crippen LogP contribution in [0, 0.1) is 0 Å². The number of aliphatic hydroxyl groups is 3. The molecule has 2 atom stereocenters. The van der Waals surface area contributed by atoms with E-state index in [1.807, 2.05) is 0 Å². The molecule has 11 heavy (non-hydrogen) atoms. The Bertz CT molecular complexity index is 114. The third-order valence-corrected chi connectivity index (χ3v) is 1.07. The normalized spacial score (nSPS) is 18.0. The molecule has 0 fully saturated rings. The highest BCUT2D eigenvalue weighted by Crippen LogP contribution is 2.22. The number of hydrogen-bond donors (Lipinski definition) is 3. The Morgan fingerprint density at radius 2 is 1.55 bits per heavy atom. The molecule has 0 saturated heterocycles. The van der Waals surface area contributed by atoms with Gasteiger partial charge in [-0.3, -0.25) is 0 Å². The van der Waals surface area contributed by atoms with Crippen molar-refractivity contribution in [1.82, 2.24) is 0 Å². The molecule has 0 spiro atoms. The highest BCUT2D eigenvalue weighted by atomic mass is 19.4. The summed E-state index contributed by atoms with van der Waals surface area (Å²) in [7, 11) is 0. The van der Waals surface area contributed by atoms with Gasteiger partial charge in [0.25, 0.3) is 0 Å². The molecular weight excluding hydrogens is 165 g/mol. The van der Waals surface area contributed by atoms with E-state index in [-0.39, 0.29) is 0 Å². The Kier molecular flexibility index (Phi) is 3.77. The SMILES string of the molecule is OCC(O)C(O)CC(F)(F)F. The van der Waals surface area contributed by atoms with Crippen molar-refractivity contribution in [2.45, 2.75) is 24.8 Å². The third-order valence-electron chi connectivity index (χ3n) is 1.07. The van der Waals surface area contributed by atoms with Crippen molar-refractivity contribution in [3.63, 3.8) is 0 Å². The van der Waals surface area contributed by atoms with Gasteiger partial charge in [-0.15, -0.1) is 0 Å². The molecule has 0 saturated carbocycles. The number of halogens is 3. The van der Waals surface area contributed by atoms with Crippen LogP contribution in [0.2, 0.25) is 0 Å². The van der Waals surface area contributed by atoms with Gasteiger partial charge < -0.3 is 15.3 Å². The quantitative estimate of drug-likeness (QED) is 0.548. The summed E-state index contributed by atoms with van der Waals surface area (Å²) in [6.45, 7) is -0.878. The Morgan fingerprint density at radius 1 is 1.09 bits per heavy atom. The van der Waals surface area contributed by atoms with Crippen LogP contribution in [0.4, 0.5) is 13.2 Å². The second-order valence-corrected chi connectivity index (χ2v) is 2.14. The molecule has 0 amide bonds. The van der Waals surface area contributed by atoms with Crippen LogP contribution in [0.5, 0.6) is 0 Å². The summed E-state index contributed by atoms with van der Waals surface area (Å²) in [5, 5.41) is 25.1. The van der Waals surface area contributed by atoms with Gasteiger partial charge in [0.2, 0.25) is 0 Å². The first kappa shape index (κ1) is 10.7. The van der Waals surface area contributed by atoms with Crippen LogP contribution in [-0.2, 0) is 0 Å². The number of aliphatic hydroxyl groups excluding tert-OH is 3. The molecule has 68 valence electrons. The van der Waals surface area contributed by atoms with Crippen LogP contribution < -0.4 is 0 Å². The van der Waals surface area contributed by atoms with Gasteiger partial charge in [-0.2, -0.15) is 13.2 Å². The van der Waals surface area contributed by atoms with Gasteiger partial charge in [0, 0.05) is 0 Å². The molecule has 2 unspecified atom stereocenters. The fourth-order valence-electron chi connectivity index (χ4n) is 0.495. The zero-order chi connectivity index (χ0) is 9.07. The van der Waals surface area contributed by atoms with E-state index in [2.05, 4.69) is 0 Å². The second-order valence-electron chi connectivity index (χ2n) is 2.14. The summed E-state index contributed by atoms with van der Waals surface area (Å²) in [4.78, 5) is 0. The van der Waals surface area contributed by atoms with Gasteiger partial charge in [-0.25, -0.2) is 0 Å². The minimum absolute atomic E-state index is 0.878. The molecule has 3 N–H and O–H groups in total. The smallest absolute Gasteiger partial charge is 0.391 e. The highest BCUT2D eigenvalue weighted by Gasteiger charge is 2.33. The summed E-state index contributed by atoms with van der Waals surface area (Å²) in [5.41, 5.74) is 0. The summed E-state index contributed by atoms with van der Waals surface area (Å²) in [5.74, 6) is 0. The maximum Gasteiger partial charge on any atom is 0.391 e. The van der Waals surface area contributed by atoms with Gasteiger partial charge in [-0.05, 0) is 0 Å². The fraction of sp³-hybridized carbons (Fsp3) is 1.00. The molecule has 0 aliphatic carbocycles. The van der Waals surface area contributed by atoms with Crippen molar-refractivity contribution >= 4 is 0 Å². The minimum atomic E-state index is -4.52. The van der Waals surface area contributed by atoms with Crippen molar-refractivity contribution in [1.29, 1.82) is 0 Å². The highest BCUT2D eigenvalue weighted by molar-refractivity contribution is 4.69. The monoisotopic (exact) mass is 174 g/mol. The molecule has 6 heteroatoms. The van der Waals surface area contributed by atoms with E-state index in [0.717, 1.165) is 0 Å². The summed E-state index contributed by atoms with van der Waals surface area (Å²) in [6, 6.07) is 0. The van der Waals surface area contributed by atoms with Gasteiger partial charge in [0.15, 0.2) is 0 Å². The molecule has 0 aromatic carbocycles. The van der Waals surface area contributed by atoms with Crippen LogP contribution in [-0.4, -0.2) is 40.3 Å². The predicted octanol–water partition coefficient (Wildman–Crippen LogP) is -0.347. The lowest BCUT2D eigenvalue weighted by Gasteiger charge is -2.16. The zero-order valence-corrected chi connectivity index (χ0v) is 5.54. The average Bonchev–Trinajstić information content (AvgIpc) is 1.82. The van der Waals surface area contributed by atoms with Crippen molar-refractivity contribution in [2.75, 3.05) is 6.61 Å². The molecule has 0 heterocycles. The summed E-state index contributed by atoms with van der Waals surface area (Å²) < 4.78 is 34.3. The van der Waals surface area contributed by atoms with Gasteiger partial charge in [-0.1, -0.05) is 0 Å². The molecular formula is C5H9F3O3. The number of alkyl halides is 3. The lowest BCUT2D eigenvalue weighted by Crippen LogP contribution is -2.33. The van der Waals surface area contributed by atoms with Gasteiger partial charge in [0.05, 0.1) is 19.1 Å². The molecule has 0 bridgehead atoms. The molecule has 0 aliphatic heterocycles. The van der Waals surface area contributed by atoms with E-state index >= 15 is 0 Å².